The summed E-state index contributed by atoms with van der Waals surface area (Å²) < 4.78 is 5.03. The molecule has 0 N–H and O–H groups in total. The van der Waals surface area contributed by atoms with Crippen LogP contribution in [0, 0.1) is 13.8 Å². The minimum atomic E-state index is -0.182. The maximum absolute atomic E-state index is 12.4. The third-order valence-corrected chi connectivity index (χ3v) is 11.3. The van der Waals surface area contributed by atoms with Gasteiger partial charge in [0.05, 0.1) is 26.4 Å². The lowest BCUT2D eigenvalue weighted by molar-refractivity contribution is 0.0878. The normalized spacial score (nSPS) is 11.1. The first-order valence-electron chi connectivity index (χ1n) is 22.6. The molecule has 0 aromatic heterocycles. The molecule has 6 aromatic rings. The molecular formula is C61H70O7. The largest absolute Gasteiger partial charge is 0.497 e. The standard InChI is InChI=1S/C23H28O2.C20H22O2.C17H16O3.CH4/c1-22(2,3)18-11-7-16(8-12-18)20(24)15-21(25)17-9-13-19(14-10-17)23(4,5)6;1-14-5-7-15(8-6-14)18(21)13-19(22)16-9-11-17(12-10-16)20(2,3)4;1-12-3-5-13(6-4-12)16(18)11-17(19)14-7-9-15(20-2)10-8-14;/h7-14H,15H2,1-6H3;5-12H,13H2,1-4H3;3-10H,11H2,1-2H3;1H4. The molecule has 0 aliphatic rings. The lowest BCUT2D eigenvalue weighted by atomic mass is 9.86. The van der Waals surface area contributed by atoms with Crippen molar-refractivity contribution in [3.05, 3.63) is 207 Å². The van der Waals surface area contributed by atoms with Crippen LogP contribution in [-0.2, 0) is 16.2 Å². The zero-order valence-electron chi connectivity index (χ0n) is 41.3. The van der Waals surface area contributed by atoms with Gasteiger partial charge < -0.3 is 4.74 Å². The number of hydrogen-bond acceptors (Lipinski definition) is 7. The van der Waals surface area contributed by atoms with Crippen molar-refractivity contribution in [1.29, 1.82) is 0 Å². The van der Waals surface area contributed by atoms with Crippen LogP contribution in [0.15, 0.2) is 146 Å². The highest BCUT2D eigenvalue weighted by molar-refractivity contribution is 6.15. The Morgan fingerprint density at radius 1 is 0.324 bits per heavy atom. The van der Waals surface area contributed by atoms with Gasteiger partial charge in [-0.15, -0.1) is 0 Å². The predicted octanol–water partition coefficient (Wildman–Crippen LogP) is 14.6. The third kappa shape index (κ3) is 16.8. The van der Waals surface area contributed by atoms with Crippen molar-refractivity contribution < 1.29 is 33.5 Å². The number of aryl methyl sites for hydroxylation is 2. The van der Waals surface area contributed by atoms with Gasteiger partial charge in [-0.05, 0) is 71.0 Å². The molecule has 0 saturated heterocycles. The molecule has 7 heteroatoms. The van der Waals surface area contributed by atoms with Crippen LogP contribution in [0.4, 0.5) is 0 Å². The van der Waals surface area contributed by atoms with Gasteiger partial charge in [-0.1, -0.05) is 202 Å². The van der Waals surface area contributed by atoms with E-state index in [9.17, 15) is 28.8 Å². The Hall–Kier alpha value is -6.86. The first-order valence-corrected chi connectivity index (χ1v) is 22.6. The SMILES string of the molecule is C.CC(C)(C)c1ccc(C(=O)CC(=O)c2ccc(C(C)(C)C)cc2)cc1.COc1ccc(C(=O)CC(=O)c2ccc(C)cc2)cc1.Cc1ccc(C(=O)CC(=O)c2ccc(C(C)(C)C)cc2)cc1. The van der Waals surface area contributed by atoms with Crippen molar-refractivity contribution in [1.82, 2.24) is 0 Å². The van der Waals surface area contributed by atoms with E-state index in [0.717, 1.165) is 11.1 Å². The van der Waals surface area contributed by atoms with E-state index in [0.29, 0.717) is 39.1 Å². The first-order chi connectivity index (χ1) is 31.3. The molecule has 0 aliphatic heterocycles. The van der Waals surface area contributed by atoms with Crippen molar-refractivity contribution >= 4 is 34.7 Å². The fraction of sp³-hybridized carbons (Fsp3) is 0.311. The van der Waals surface area contributed by atoms with Crippen LogP contribution in [0.1, 0.15) is 179 Å². The zero-order valence-corrected chi connectivity index (χ0v) is 41.3. The Labute approximate surface area is 405 Å². The van der Waals surface area contributed by atoms with E-state index in [-0.39, 0.29) is 77.6 Å². The van der Waals surface area contributed by atoms with E-state index in [1.807, 2.05) is 111 Å². The number of methoxy groups -OCH3 is 1. The highest BCUT2D eigenvalue weighted by Gasteiger charge is 2.20. The van der Waals surface area contributed by atoms with Crippen LogP contribution in [0.25, 0.3) is 0 Å². The molecule has 7 nitrogen and oxygen atoms in total. The van der Waals surface area contributed by atoms with Crippen LogP contribution in [0.5, 0.6) is 5.75 Å². The molecule has 68 heavy (non-hydrogen) atoms. The third-order valence-electron chi connectivity index (χ3n) is 11.3. The van der Waals surface area contributed by atoms with Gasteiger partial charge in [0.2, 0.25) is 0 Å². The Morgan fingerprint density at radius 3 is 0.676 bits per heavy atom. The molecule has 6 rings (SSSR count). The van der Waals surface area contributed by atoms with E-state index in [4.69, 9.17) is 4.74 Å². The van der Waals surface area contributed by atoms with E-state index >= 15 is 0 Å². The summed E-state index contributed by atoms with van der Waals surface area (Å²) >= 11 is 0. The maximum Gasteiger partial charge on any atom is 0.170 e. The molecule has 0 bridgehead atoms. The zero-order chi connectivity index (χ0) is 49.7. The van der Waals surface area contributed by atoms with Gasteiger partial charge in [0, 0.05) is 33.4 Å². The van der Waals surface area contributed by atoms with Gasteiger partial charge >= 0.3 is 0 Å². The highest BCUT2D eigenvalue weighted by atomic mass is 16.5. The van der Waals surface area contributed by atoms with E-state index in [1.165, 1.54) is 16.7 Å². The van der Waals surface area contributed by atoms with Gasteiger partial charge in [-0.3, -0.25) is 28.8 Å². The molecule has 0 amide bonds. The number of Topliss-reactive ketones (excluding diaryl/α,β-unsaturated/α-hetero) is 6. The number of hydrogen-bond donors (Lipinski definition) is 0. The monoisotopic (exact) mass is 915 g/mol. The second-order valence-electron chi connectivity index (χ2n) is 20.0. The second-order valence-corrected chi connectivity index (χ2v) is 20.0. The second kappa shape index (κ2) is 24.2. The van der Waals surface area contributed by atoms with Crippen LogP contribution >= 0.6 is 0 Å². The predicted molar refractivity (Wildman–Crippen MR) is 277 cm³/mol. The Morgan fingerprint density at radius 2 is 0.500 bits per heavy atom. The number of rotatable bonds is 13. The molecule has 0 atom stereocenters. The van der Waals surface area contributed by atoms with Crippen molar-refractivity contribution in [3.8, 4) is 5.75 Å². The van der Waals surface area contributed by atoms with Gasteiger partial charge in [-0.2, -0.15) is 0 Å². The lowest BCUT2D eigenvalue weighted by Crippen LogP contribution is -2.13. The lowest BCUT2D eigenvalue weighted by Gasteiger charge is -2.19. The Kier molecular flexibility index (Phi) is 19.8. The summed E-state index contributed by atoms with van der Waals surface area (Å²) in [4.78, 5) is 73.2. The molecule has 0 unspecified atom stereocenters. The van der Waals surface area contributed by atoms with Crippen LogP contribution in [-0.4, -0.2) is 41.8 Å². The van der Waals surface area contributed by atoms with Gasteiger partial charge in [0.25, 0.3) is 0 Å². The molecule has 0 radical (unpaired) electrons. The minimum Gasteiger partial charge on any atom is -0.497 e. The fourth-order valence-electron chi connectivity index (χ4n) is 6.77. The van der Waals surface area contributed by atoms with Crippen molar-refractivity contribution in [2.45, 2.75) is 119 Å². The van der Waals surface area contributed by atoms with Gasteiger partial charge in [0.1, 0.15) is 5.75 Å². The smallest absolute Gasteiger partial charge is 0.170 e. The van der Waals surface area contributed by atoms with Gasteiger partial charge in [0.15, 0.2) is 34.7 Å². The molecule has 0 spiro atoms. The fourth-order valence-corrected chi connectivity index (χ4v) is 6.77. The van der Waals surface area contributed by atoms with E-state index in [2.05, 4.69) is 62.3 Å². The number of carbonyl (C=O) groups excluding carboxylic acids is 6. The average molecular weight is 915 g/mol. The summed E-state index contributed by atoms with van der Waals surface area (Å²) in [7, 11) is 1.57. The number of ketones is 6. The first kappa shape index (κ1) is 55.5. The number of ether oxygens (including phenoxy) is 1. The van der Waals surface area contributed by atoms with Crippen molar-refractivity contribution in [2.75, 3.05) is 7.11 Å². The summed E-state index contributed by atoms with van der Waals surface area (Å²) in [6.45, 7) is 23.1. The van der Waals surface area contributed by atoms with E-state index in [1.54, 1.807) is 55.6 Å². The highest BCUT2D eigenvalue weighted by Crippen LogP contribution is 2.25. The van der Waals surface area contributed by atoms with Gasteiger partial charge in [-0.25, -0.2) is 0 Å². The van der Waals surface area contributed by atoms with Crippen molar-refractivity contribution in [3.63, 3.8) is 0 Å². The van der Waals surface area contributed by atoms with Crippen LogP contribution < -0.4 is 4.74 Å². The summed E-state index contributed by atoms with van der Waals surface area (Å²) in [5.41, 5.74) is 9.30. The van der Waals surface area contributed by atoms with Crippen LogP contribution in [0.3, 0.4) is 0 Å². The summed E-state index contributed by atoms with van der Waals surface area (Å²) in [6.07, 6.45) is -0.295. The number of benzene rings is 6. The molecule has 0 fully saturated rings. The quantitative estimate of drug-likeness (QED) is 0.0838. The molecule has 0 aliphatic carbocycles. The number of carbonyl (C=O) groups is 6. The Bertz CT molecular complexity index is 2560. The van der Waals surface area contributed by atoms with Crippen LogP contribution in [0.2, 0.25) is 0 Å². The minimum absolute atomic E-state index is 0. The van der Waals surface area contributed by atoms with E-state index < -0.39 is 0 Å². The summed E-state index contributed by atoms with van der Waals surface area (Å²) in [6, 6.07) is 44.0. The summed E-state index contributed by atoms with van der Waals surface area (Å²) in [5.74, 6) is -0.192. The molecule has 6 aromatic carbocycles. The molecule has 0 heterocycles. The topological polar surface area (TPSA) is 112 Å². The average Bonchev–Trinajstić information content (AvgIpc) is 3.29. The Balaban J connectivity index is 0.000000270. The van der Waals surface area contributed by atoms with Crippen molar-refractivity contribution in [2.24, 2.45) is 0 Å². The maximum atomic E-state index is 12.4. The molecule has 356 valence electrons. The molecular weight excluding hydrogens is 845 g/mol. The summed E-state index contributed by atoms with van der Waals surface area (Å²) in [5, 5.41) is 0. The molecule has 0 saturated carbocycles.